The maximum absolute atomic E-state index is 12.4. The van der Waals surface area contributed by atoms with E-state index in [1.807, 2.05) is 0 Å². The fourth-order valence-electron chi connectivity index (χ4n) is 4.69. The number of hydrogen-bond acceptors (Lipinski definition) is 6. The van der Waals surface area contributed by atoms with Crippen molar-refractivity contribution in [3.63, 3.8) is 0 Å². The highest BCUT2D eigenvalue weighted by Gasteiger charge is 2.35. The Balaban J connectivity index is 2.29. The normalized spacial score (nSPS) is 19.0. The molecule has 1 aliphatic carbocycles. The molecule has 0 saturated heterocycles. The zero-order chi connectivity index (χ0) is 23.6. The van der Waals surface area contributed by atoms with E-state index in [2.05, 4.69) is 5.32 Å². The van der Waals surface area contributed by atoms with E-state index in [0.29, 0.717) is 56.6 Å². The molecule has 32 heavy (non-hydrogen) atoms. The second kappa shape index (κ2) is 18.0. The van der Waals surface area contributed by atoms with Crippen molar-refractivity contribution in [2.45, 2.75) is 83.5 Å². The number of unbranched alkanes of at least 4 members (excludes halogenated alkanes) is 3. The van der Waals surface area contributed by atoms with Crippen LogP contribution in [-0.4, -0.2) is 58.7 Å². The highest BCUT2D eigenvalue weighted by atomic mass is 16.5. The first-order chi connectivity index (χ1) is 15.5. The van der Waals surface area contributed by atoms with Crippen molar-refractivity contribution in [2.24, 2.45) is 17.8 Å². The van der Waals surface area contributed by atoms with Gasteiger partial charge in [-0.2, -0.15) is 0 Å². The van der Waals surface area contributed by atoms with Crippen LogP contribution in [0.1, 0.15) is 83.5 Å². The molecule has 3 atom stereocenters. The number of carbonyl (C=O) groups excluding carboxylic acids is 3. The molecule has 7 nitrogen and oxygen atoms in total. The molecule has 1 aliphatic rings. The van der Waals surface area contributed by atoms with Crippen LogP contribution in [0.25, 0.3) is 0 Å². The standard InChI is InChI=1S/C25H45NO6/c1-30-16-8-5-10-22(27)19-20-13-14-21(18-20)23(25(29)32-3)11-4-7-15-26-24(28)12-6-9-17-31-2/h20-21,23H,4-19H2,1-3H3,(H,26,28). The summed E-state index contributed by atoms with van der Waals surface area (Å²) in [5, 5.41) is 2.96. The van der Waals surface area contributed by atoms with Gasteiger partial charge >= 0.3 is 5.97 Å². The molecule has 0 aliphatic heterocycles. The minimum Gasteiger partial charge on any atom is -0.469 e. The number of nitrogens with one attached hydrogen (secondary N) is 1. The molecular formula is C25H45NO6. The van der Waals surface area contributed by atoms with Gasteiger partial charge < -0.3 is 19.5 Å². The molecule has 1 rings (SSSR count). The van der Waals surface area contributed by atoms with Crippen molar-refractivity contribution in [1.29, 1.82) is 0 Å². The van der Waals surface area contributed by atoms with Gasteiger partial charge in [-0.3, -0.25) is 14.4 Å². The Morgan fingerprint density at radius 2 is 1.56 bits per heavy atom. The van der Waals surface area contributed by atoms with Crippen LogP contribution < -0.4 is 5.32 Å². The van der Waals surface area contributed by atoms with Crippen molar-refractivity contribution in [2.75, 3.05) is 41.1 Å². The molecule has 0 radical (unpaired) electrons. The van der Waals surface area contributed by atoms with E-state index in [1.54, 1.807) is 14.2 Å². The van der Waals surface area contributed by atoms with Gasteiger partial charge in [0.25, 0.3) is 0 Å². The molecule has 0 aromatic carbocycles. The zero-order valence-corrected chi connectivity index (χ0v) is 20.5. The molecule has 0 aromatic rings. The van der Waals surface area contributed by atoms with E-state index in [1.165, 1.54) is 7.11 Å². The number of hydrogen-bond donors (Lipinski definition) is 1. The number of rotatable bonds is 19. The Hall–Kier alpha value is -1.47. The van der Waals surface area contributed by atoms with E-state index in [-0.39, 0.29) is 17.8 Å². The number of esters is 1. The second-order valence-electron chi connectivity index (χ2n) is 9.06. The van der Waals surface area contributed by atoms with Crippen LogP contribution >= 0.6 is 0 Å². The number of amides is 1. The summed E-state index contributed by atoms with van der Waals surface area (Å²) >= 11 is 0. The topological polar surface area (TPSA) is 90.9 Å². The minimum absolute atomic E-state index is 0.0798. The molecule has 7 heteroatoms. The van der Waals surface area contributed by atoms with Gasteiger partial charge in [-0.25, -0.2) is 0 Å². The maximum Gasteiger partial charge on any atom is 0.308 e. The number of Topliss-reactive ketones (excluding diaryl/α,β-unsaturated/α-hetero) is 1. The van der Waals surface area contributed by atoms with Gasteiger partial charge in [-0.1, -0.05) is 6.42 Å². The Morgan fingerprint density at radius 3 is 2.22 bits per heavy atom. The summed E-state index contributed by atoms with van der Waals surface area (Å²) in [6.45, 7) is 2.03. The third-order valence-corrected chi connectivity index (χ3v) is 6.49. The third-order valence-electron chi connectivity index (χ3n) is 6.49. The minimum atomic E-state index is -0.135. The third kappa shape index (κ3) is 12.5. The highest BCUT2D eigenvalue weighted by molar-refractivity contribution is 5.78. The smallest absolute Gasteiger partial charge is 0.308 e. The van der Waals surface area contributed by atoms with E-state index in [4.69, 9.17) is 14.2 Å². The molecular weight excluding hydrogens is 410 g/mol. The molecule has 0 heterocycles. The monoisotopic (exact) mass is 455 g/mol. The average molecular weight is 456 g/mol. The van der Waals surface area contributed by atoms with Gasteiger partial charge in [-0.05, 0) is 69.6 Å². The van der Waals surface area contributed by atoms with Gasteiger partial charge in [0.05, 0.1) is 13.0 Å². The lowest BCUT2D eigenvalue weighted by molar-refractivity contribution is -0.147. The van der Waals surface area contributed by atoms with E-state index in [9.17, 15) is 14.4 Å². The van der Waals surface area contributed by atoms with Crippen LogP contribution in [0.2, 0.25) is 0 Å². The van der Waals surface area contributed by atoms with Gasteiger partial charge in [0, 0.05) is 53.2 Å². The lowest BCUT2D eigenvalue weighted by Gasteiger charge is -2.21. The molecule has 1 N–H and O–H groups in total. The van der Waals surface area contributed by atoms with Gasteiger partial charge in [0.2, 0.25) is 5.91 Å². The van der Waals surface area contributed by atoms with E-state index in [0.717, 1.165) is 64.2 Å². The SMILES string of the molecule is COCCCCC(=O)CC1CCC(C(CCCCNC(=O)CCCCOC)C(=O)OC)C1. The Kier molecular flexibility index (Phi) is 16.1. The van der Waals surface area contributed by atoms with Crippen LogP contribution in [0.5, 0.6) is 0 Å². The molecule has 1 fully saturated rings. The first-order valence-electron chi connectivity index (χ1n) is 12.4. The predicted octanol–water partition coefficient (Wildman–Crippen LogP) is 4.07. The predicted molar refractivity (Wildman–Crippen MR) is 124 cm³/mol. The van der Waals surface area contributed by atoms with Gasteiger partial charge in [0.15, 0.2) is 0 Å². The van der Waals surface area contributed by atoms with Gasteiger partial charge in [-0.15, -0.1) is 0 Å². The quantitative estimate of drug-likeness (QED) is 0.233. The Labute approximate surface area is 194 Å². The summed E-state index contributed by atoms with van der Waals surface area (Å²) in [5.74, 6) is 0.856. The highest BCUT2D eigenvalue weighted by Crippen LogP contribution is 2.40. The van der Waals surface area contributed by atoms with Crippen LogP contribution in [0.3, 0.4) is 0 Å². The summed E-state index contributed by atoms with van der Waals surface area (Å²) in [5.41, 5.74) is 0. The maximum atomic E-state index is 12.4. The molecule has 0 spiro atoms. The van der Waals surface area contributed by atoms with Crippen molar-refractivity contribution in [3.05, 3.63) is 0 Å². The number of carbonyl (C=O) groups is 3. The lowest BCUT2D eigenvalue weighted by Crippen LogP contribution is -2.26. The summed E-state index contributed by atoms with van der Waals surface area (Å²) in [7, 11) is 4.80. The van der Waals surface area contributed by atoms with Crippen LogP contribution in [0.15, 0.2) is 0 Å². The molecule has 3 unspecified atom stereocenters. The van der Waals surface area contributed by atoms with Crippen LogP contribution in [-0.2, 0) is 28.6 Å². The Bertz CT molecular complexity index is 539. The first-order valence-corrected chi connectivity index (χ1v) is 12.4. The summed E-state index contributed by atoms with van der Waals surface area (Å²) in [6.07, 6.45) is 10.8. The molecule has 1 saturated carbocycles. The summed E-state index contributed by atoms with van der Waals surface area (Å²) in [4.78, 5) is 36.5. The van der Waals surface area contributed by atoms with Crippen LogP contribution in [0.4, 0.5) is 0 Å². The van der Waals surface area contributed by atoms with Crippen molar-refractivity contribution in [1.82, 2.24) is 5.32 Å². The van der Waals surface area contributed by atoms with E-state index < -0.39 is 0 Å². The van der Waals surface area contributed by atoms with Crippen molar-refractivity contribution < 1.29 is 28.6 Å². The number of methoxy groups -OCH3 is 3. The molecule has 0 bridgehead atoms. The molecule has 1 amide bonds. The fourth-order valence-corrected chi connectivity index (χ4v) is 4.69. The second-order valence-corrected chi connectivity index (χ2v) is 9.06. The largest absolute Gasteiger partial charge is 0.469 e. The summed E-state index contributed by atoms with van der Waals surface area (Å²) < 4.78 is 15.1. The average Bonchev–Trinajstić information content (AvgIpc) is 3.24. The number of ketones is 1. The number of ether oxygens (including phenoxy) is 3. The van der Waals surface area contributed by atoms with Gasteiger partial charge in [0.1, 0.15) is 5.78 Å². The Morgan fingerprint density at radius 1 is 0.875 bits per heavy atom. The van der Waals surface area contributed by atoms with Crippen molar-refractivity contribution >= 4 is 17.7 Å². The fraction of sp³-hybridized carbons (Fsp3) is 0.880. The molecule has 186 valence electrons. The molecule has 0 aromatic heterocycles. The van der Waals surface area contributed by atoms with E-state index >= 15 is 0 Å². The zero-order valence-electron chi connectivity index (χ0n) is 20.5. The van der Waals surface area contributed by atoms with Crippen LogP contribution in [0, 0.1) is 17.8 Å². The summed E-state index contributed by atoms with van der Waals surface area (Å²) in [6, 6.07) is 0. The van der Waals surface area contributed by atoms with Crippen molar-refractivity contribution in [3.8, 4) is 0 Å². The lowest BCUT2D eigenvalue weighted by atomic mass is 9.85. The first kappa shape index (κ1) is 28.6.